The van der Waals surface area contributed by atoms with Crippen LogP contribution in [0, 0.1) is 22.5 Å². The third-order valence-electron chi connectivity index (χ3n) is 11.1. The maximum absolute atomic E-state index is 14.7. The van der Waals surface area contributed by atoms with E-state index in [0.717, 1.165) is 37.3 Å². The fourth-order valence-corrected chi connectivity index (χ4v) is 7.80. The van der Waals surface area contributed by atoms with E-state index >= 15 is 0 Å². The number of carbonyl (C=O) groups excluding carboxylic acids is 4. The van der Waals surface area contributed by atoms with Gasteiger partial charge in [-0.05, 0) is 98.9 Å². The molecule has 2 aliphatic rings. The number of imidazole rings is 2. The summed E-state index contributed by atoms with van der Waals surface area (Å²) < 4.78 is 33.2. The summed E-state index contributed by atoms with van der Waals surface area (Å²) in [6.45, 7) is 19.5. The van der Waals surface area contributed by atoms with Crippen molar-refractivity contribution in [3.8, 4) is 22.8 Å². The molecule has 4 aromatic rings. The third kappa shape index (κ3) is 14.5. The van der Waals surface area contributed by atoms with Crippen molar-refractivity contribution in [1.29, 1.82) is 0 Å². The lowest BCUT2D eigenvalue weighted by Gasteiger charge is -2.31. The summed E-state index contributed by atoms with van der Waals surface area (Å²) >= 11 is 16.9. The molecule has 5 N–H and O–H groups in total. The van der Waals surface area contributed by atoms with Crippen LogP contribution in [0.25, 0.3) is 22.8 Å². The molecule has 19 heteroatoms. The molecule has 0 saturated heterocycles. The number of hydrogen-bond acceptors (Lipinski definition) is 9. The Morgan fingerprint density at radius 3 is 1.45 bits per heavy atom. The Morgan fingerprint density at radius 1 is 0.708 bits per heavy atom. The van der Waals surface area contributed by atoms with Gasteiger partial charge in [0.15, 0.2) is 11.4 Å². The molecule has 0 aliphatic carbocycles. The van der Waals surface area contributed by atoms with E-state index in [2.05, 4.69) is 47.3 Å². The molecule has 0 bridgehead atoms. The molecule has 2 aromatic heterocycles. The van der Waals surface area contributed by atoms with E-state index in [1.807, 2.05) is 64.8 Å². The molecule has 3 amide bonds. The van der Waals surface area contributed by atoms with Crippen LogP contribution in [0.5, 0.6) is 0 Å². The normalized spacial score (nSPS) is 15.3. The summed E-state index contributed by atoms with van der Waals surface area (Å²) in [5.74, 6) is -0.822. The summed E-state index contributed by atoms with van der Waals surface area (Å²) in [7, 11) is 3.99. The summed E-state index contributed by atoms with van der Waals surface area (Å²) in [5, 5.41) is 9.30. The summed E-state index contributed by atoms with van der Waals surface area (Å²) in [5.41, 5.74) is 8.07. The minimum Gasteiger partial charge on any atom is -0.354 e. The van der Waals surface area contributed by atoms with Crippen molar-refractivity contribution in [2.24, 2.45) is 16.6 Å². The van der Waals surface area contributed by atoms with E-state index in [1.54, 1.807) is 6.07 Å². The monoisotopic (exact) mass is 962 g/mol. The van der Waals surface area contributed by atoms with Gasteiger partial charge in [-0.3, -0.25) is 19.2 Å². The van der Waals surface area contributed by atoms with Crippen LogP contribution in [0.3, 0.4) is 0 Å². The predicted molar refractivity (Wildman–Crippen MR) is 253 cm³/mol. The number of rotatable bonds is 9. The Labute approximate surface area is 395 Å². The van der Waals surface area contributed by atoms with E-state index in [-0.39, 0.29) is 57.1 Å². The Bertz CT molecular complexity index is 2340. The molecule has 2 atom stereocenters. The van der Waals surface area contributed by atoms with Crippen molar-refractivity contribution in [3.05, 3.63) is 80.9 Å². The Morgan fingerprint density at radius 2 is 1.09 bits per heavy atom. The number of hydrogen-bond donors (Lipinski definition) is 4. The van der Waals surface area contributed by atoms with Crippen molar-refractivity contribution in [2.45, 2.75) is 106 Å². The molecule has 2 aliphatic heterocycles. The fourth-order valence-electron chi connectivity index (χ4n) is 7.46. The molecule has 6 rings (SSSR count). The number of fused-ring (bicyclic) bond motifs is 2. The highest BCUT2D eigenvalue weighted by Crippen LogP contribution is 2.32. The molecule has 0 unspecified atom stereocenters. The molecule has 0 spiro atoms. The maximum atomic E-state index is 14.7. The molecule has 2 aromatic carbocycles. The zero-order chi connectivity index (χ0) is 48.6. The molecular formula is C46H63Cl3F2N10O4. The van der Waals surface area contributed by atoms with Crippen molar-refractivity contribution < 1.29 is 28.0 Å². The lowest BCUT2D eigenvalue weighted by molar-refractivity contribution is -0.119. The number of benzene rings is 2. The predicted octanol–water partition coefficient (Wildman–Crippen LogP) is 7.51. The van der Waals surface area contributed by atoms with Gasteiger partial charge in [-0.15, -0.1) is 0 Å². The fraction of sp³-hybridized carbons (Fsp3) is 0.522. The van der Waals surface area contributed by atoms with Gasteiger partial charge in [-0.2, -0.15) is 0 Å². The summed E-state index contributed by atoms with van der Waals surface area (Å²) in [4.78, 5) is 60.7. The van der Waals surface area contributed by atoms with Crippen LogP contribution in [0.15, 0.2) is 36.4 Å². The van der Waals surface area contributed by atoms with Crippen LogP contribution in [0.1, 0.15) is 101 Å². The van der Waals surface area contributed by atoms with Gasteiger partial charge in [0.2, 0.25) is 11.1 Å². The quantitative estimate of drug-likeness (QED) is 0.124. The van der Waals surface area contributed by atoms with Crippen LogP contribution in [-0.2, 0) is 35.8 Å². The molecule has 14 nitrogen and oxygen atoms in total. The van der Waals surface area contributed by atoms with Crippen LogP contribution in [0.2, 0.25) is 10.0 Å². The number of halogens is 5. The minimum absolute atomic E-state index is 0.162. The van der Waals surface area contributed by atoms with Gasteiger partial charge in [-0.1, -0.05) is 64.7 Å². The zero-order valence-electron chi connectivity index (χ0n) is 39.0. The molecule has 0 fully saturated rings. The molecule has 0 radical (unpaired) electrons. The molecule has 65 heavy (non-hydrogen) atoms. The number of amides is 3. The molecular weight excluding hydrogens is 901 g/mol. The first-order chi connectivity index (χ1) is 30.3. The van der Waals surface area contributed by atoms with Gasteiger partial charge in [0.1, 0.15) is 23.3 Å². The number of carbonyl (C=O) groups is 4. The lowest BCUT2D eigenvalue weighted by atomic mass is 9.86. The second-order valence-electron chi connectivity index (χ2n) is 18.6. The Kier molecular flexibility index (Phi) is 18.7. The first kappa shape index (κ1) is 53.2. The van der Waals surface area contributed by atoms with Crippen molar-refractivity contribution in [3.63, 3.8) is 0 Å². The van der Waals surface area contributed by atoms with Crippen molar-refractivity contribution in [2.75, 3.05) is 40.3 Å². The van der Waals surface area contributed by atoms with Crippen LogP contribution < -0.4 is 21.7 Å². The van der Waals surface area contributed by atoms with Crippen LogP contribution >= 0.6 is 34.8 Å². The molecule has 0 saturated carbocycles. The minimum atomic E-state index is -0.440. The average Bonchev–Trinajstić information content (AvgIpc) is 3.57. The maximum Gasteiger partial charge on any atom is 0.272 e. The number of nitrogens with zero attached hydrogens (tertiary/aromatic N) is 6. The SMILES string of the molecule is CC(=O)Cl.CC(=O)NC[C@@H](NC(=O)c1nc(-c2cc(Cl)ccc2F)n2c1CN(C)CCC2)C(C)(C)C.CN1CCCn2c(-c3cc(Cl)ccc3F)nc(C(=O)N[C@H](CN)C(C)(C)C)c2C1. The Balaban J connectivity index is 0.000000264. The number of nitrogens with one attached hydrogen (secondary N) is 3. The summed E-state index contributed by atoms with van der Waals surface area (Å²) in [6.07, 6.45) is 1.73. The largest absolute Gasteiger partial charge is 0.354 e. The molecule has 356 valence electrons. The summed E-state index contributed by atoms with van der Waals surface area (Å²) in [6, 6.07) is 8.20. The van der Waals surface area contributed by atoms with Gasteiger partial charge >= 0.3 is 0 Å². The first-order valence-electron chi connectivity index (χ1n) is 21.5. The smallest absolute Gasteiger partial charge is 0.272 e. The first-order valence-corrected chi connectivity index (χ1v) is 22.6. The second-order valence-corrected chi connectivity index (χ2v) is 20.0. The van der Waals surface area contributed by atoms with Gasteiger partial charge in [0.05, 0.1) is 28.6 Å². The van der Waals surface area contributed by atoms with E-state index in [0.29, 0.717) is 72.2 Å². The highest BCUT2D eigenvalue weighted by Gasteiger charge is 2.33. The second kappa shape index (κ2) is 22.8. The van der Waals surface area contributed by atoms with E-state index < -0.39 is 11.6 Å². The highest BCUT2D eigenvalue weighted by molar-refractivity contribution is 6.62. The topological polar surface area (TPSA) is 173 Å². The lowest BCUT2D eigenvalue weighted by Crippen LogP contribution is -2.50. The van der Waals surface area contributed by atoms with Gasteiger partial charge < -0.3 is 40.6 Å². The molecule has 4 heterocycles. The van der Waals surface area contributed by atoms with Crippen molar-refractivity contribution >= 4 is 57.8 Å². The van der Waals surface area contributed by atoms with E-state index in [9.17, 15) is 28.0 Å². The van der Waals surface area contributed by atoms with Gasteiger partial charge in [0.25, 0.3) is 11.8 Å². The van der Waals surface area contributed by atoms with Crippen LogP contribution in [-0.4, -0.2) is 104 Å². The zero-order valence-corrected chi connectivity index (χ0v) is 41.2. The third-order valence-corrected chi connectivity index (χ3v) is 11.6. The van der Waals surface area contributed by atoms with Gasteiger partial charge in [0, 0.05) is 69.2 Å². The highest BCUT2D eigenvalue weighted by atomic mass is 35.5. The number of aromatic nitrogens is 4. The van der Waals surface area contributed by atoms with Crippen LogP contribution in [0.4, 0.5) is 8.78 Å². The Hall–Kier alpha value is -4.45. The van der Waals surface area contributed by atoms with E-state index in [4.69, 9.17) is 28.9 Å². The van der Waals surface area contributed by atoms with Crippen molar-refractivity contribution in [1.82, 2.24) is 44.9 Å². The number of nitrogens with two attached hydrogens (primary N) is 1. The van der Waals surface area contributed by atoms with Gasteiger partial charge in [-0.25, -0.2) is 18.7 Å². The standard InChI is InChI=1S/C23H31ClFN5O2.C21H29ClFN5O.C2H3ClO/c1-14(31)26-12-19(23(2,3)4)27-22(32)20-18-13-29(5)9-6-10-30(18)21(28-20)16-11-15(24)7-8-17(16)25;1-21(2,3)17(11-24)25-20(29)18-16-12-27(4)8-5-9-28(16)19(26-18)14-10-13(22)6-7-15(14)23;1-2(3)4/h7-8,11,19H,6,9-10,12-13H2,1-5H3,(H,26,31)(H,27,32);6-7,10,17H,5,8-9,11-12,24H2,1-4H3,(H,25,29);1H3/t19-;17-;/m11./s1. The van der Waals surface area contributed by atoms with E-state index in [1.165, 1.54) is 44.2 Å². The average molecular weight is 964 g/mol.